The van der Waals surface area contributed by atoms with Gasteiger partial charge in [0.15, 0.2) is 0 Å². The zero-order valence-electron chi connectivity index (χ0n) is 8.32. The van der Waals surface area contributed by atoms with E-state index in [0.29, 0.717) is 0 Å². The molecule has 0 N–H and O–H groups in total. The first-order valence-electron chi connectivity index (χ1n) is 5.38. The van der Waals surface area contributed by atoms with E-state index in [1.807, 2.05) is 0 Å². The average molecular weight is 271 g/mol. The molecule has 0 aliphatic heterocycles. The lowest BCUT2D eigenvalue weighted by Crippen LogP contribution is -2.13. The van der Waals surface area contributed by atoms with Crippen LogP contribution in [-0.4, -0.2) is 5.66 Å². The smallest absolute Gasteiger partial charge is 0.00134 e. The fourth-order valence-electron chi connectivity index (χ4n) is 2.09. The Morgan fingerprint density at radius 1 is 1.00 bits per heavy atom. The quantitative estimate of drug-likeness (QED) is 0.698. The molecule has 1 aromatic rings. The average Bonchev–Trinajstić information content (AvgIpc) is 2.30. The molecule has 1 aliphatic rings. The van der Waals surface area contributed by atoms with Gasteiger partial charge >= 0.3 is 0 Å². The van der Waals surface area contributed by atoms with Gasteiger partial charge in [-0.2, -0.15) is 0 Å². The lowest BCUT2D eigenvalue weighted by molar-refractivity contribution is 0.514. The first-order chi connectivity index (χ1) is 6.88. The summed E-state index contributed by atoms with van der Waals surface area (Å²) in [5.41, 5.74) is 0.918. The minimum absolute atomic E-state index is 0.0813. The minimum Gasteiger partial charge on any atom is -0.0622 e. The van der Waals surface area contributed by atoms with Crippen molar-refractivity contribution in [1.29, 1.82) is 0 Å². The number of hydrogen-bond acceptors (Lipinski definition) is 0. The minimum atomic E-state index is -0.0813. The molecule has 0 bridgehead atoms. The lowest BCUT2D eigenvalue weighted by atomic mass is 10.0. The van der Waals surface area contributed by atoms with E-state index in [1.54, 1.807) is 0 Å². The summed E-state index contributed by atoms with van der Waals surface area (Å²) in [6, 6.07) is 10.9. The van der Waals surface area contributed by atoms with Gasteiger partial charge in [0.1, 0.15) is 0 Å². The van der Waals surface area contributed by atoms with Crippen molar-refractivity contribution in [1.82, 2.24) is 0 Å². The molecule has 14 heavy (non-hydrogen) atoms. The molecule has 0 heterocycles. The molecule has 2 heteroatoms. The van der Waals surface area contributed by atoms with E-state index in [2.05, 4.69) is 45.8 Å². The molecule has 1 atom stereocenters. The van der Waals surface area contributed by atoms with Crippen LogP contribution in [0.4, 0.5) is 0 Å². The van der Waals surface area contributed by atoms with Crippen LogP contribution in [0.3, 0.4) is 0 Å². The Bertz CT molecular complexity index is 267. The highest BCUT2D eigenvalue weighted by Gasteiger charge is 2.22. The molecule has 0 saturated heterocycles. The zero-order chi connectivity index (χ0) is 9.80. The summed E-state index contributed by atoms with van der Waals surface area (Å²) in [5.74, 6) is 0. The standard InChI is InChI=1S/C12H16BrP/c13-14(11-7-3-1-4-8-11)12-9-5-2-6-10-12/h1,3-4,7-8,12H,2,5-6,9-10H2. The van der Waals surface area contributed by atoms with Crippen molar-refractivity contribution in [2.24, 2.45) is 0 Å². The van der Waals surface area contributed by atoms with Gasteiger partial charge in [-0.25, -0.2) is 0 Å². The van der Waals surface area contributed by atoms with Gasteiger partial charge in [-0.3, -0.25) is 0 Å². The van der Waals surface area contributed by atoms with Gasteiger partial charge in [0, 0.05) is 0 Å². The summed E-state index contributed by atoms with van der Waals surface area (Å²) >= 11 is 3.91. The number of benzene rings is 1. The normalized spacial score (nSPS) is 20.6. The van der Waals surface area contributed by atoms with E-state index in [0.717, 1.165) is 5.66 Å². The summed E-state index contributed by atoms with van der Waals surface area (Å²) in [7, 11) is 0. The molecule has 0 nitrogen and oxygen atoms in total. The maximum absolute atomic E-state index is 3.91. The number of rotatable bonds is 2. The van der Waals surface area contributed by atoms with Crippen molar-refractivity contribution in [3.63, 3.8) is 0 Å². The van der Waals surface area contributed by atoms with Crippen LogP contribution in [0.2, 0.25) is 0 Å². The van der Waals surface area contributed by atoms with E-state index in [1.165, 1.54) is 37.4 Å². The second-order valence-electron chi connectivity index (χ2n) is 3.94. The van der Waals surface area contributed by atoms with Crippen molar-refractivity contribution in [2.45, 2.75) is 37.8 Å². The van der Waals surface area contributed by atoms with E-state index in [9.17, 15) is 0 Å². The van der Waals surface area contributed by atoms with Crippen molar-refractivity contribution in [2.75, 3.05) is 0 Å². The second kappa shape index (κ2) is 5.28. The van der Waals surface area contributed by atoms with Crippen LogP contribution >= 0.6 is 22.1 Å². The summed E-state index contributed by atoms with van der Waals surface area (Å²) in [4.78, 5) is 0. The Morgan fingerprint density at radius 3 is 2.29 bits per heavy atom. The molecule has 1 aliphatic carbocycles. The van der Waals surface area contributed by atoms with Gasteiger partial charge in [-0.1, -0.05) is 65.1 Å². The maximum Gasteiger partial charge on any atom is -0.00134 e. The first kappa shape index (κ1) is 10.6. The van der Waals surface area contributed by atoms with E-state index >= 15 is 0 Å². The van der Waals surface area contributed by atoms with Crippen LogP contribution in [0, 0.1) is 0 Å². The monoisotopic (exact) mass is 270 g/mol. The van der Waals surface area contributed by atoms with Gasteiger partial charge in [0.05, 0.1) is 0 Å². The maximum atomic E-state index is 3.91. The number of hydrogen-bond donors (Lipinski definition) is 0. The Morgan fingerprint density at radius 2 is 1.64 bits per heavy atom. The SMILES string of the molecule is BrP(c1ccccc1)C1CCCCC1. The Kier molecular flexibility index (Phi) is 4.01. The third-order valence-electron chi connectivity index (χ3n) is 2.90. The molecule has 0 aromatic heterocycles. The Labute approximate surface area is 95.6 Å². The largest absolute Gasteiger partial charge is 0.0622 e. The Balaban J connectivity index is 2.03. The van der Waals surface area contributed by atoms with E-state index in [4.69, 9.17) is 0 Å². The molecular formula is C12H16BrP. The molecule has 76 valence electrons. The van der Waals surface area contributed by atoms with Gasteiger partial charge in [-0.05, 0) is 30.4 Å². The number of halogens is 1. The molecular weight excluding hydrogens is 255 g/mol. The fraction of sp³-hybridized carbons (Fsp3) is 0.500. The van der Waals surface area contributed by atoms with Crippen LogP contribution in [0.25, 0.3) is 0 Å². The van der Waals surface area contributed by atoms with Crippen molar-refractivity contribution >= 4 is 27.4 Å². The van der Waals surface area contributed by atoms with Crippen LogP contribution in [0.5, 0.6) is 0 Å². The van der Waals surface area contributed by atoms with Crippen LogP contribution in [0.15, 0.2) is 30.3 Å². The molecule has 0 radical (unpaired) electrons. The van der Waals surface area contributed by atoms with Gasteiger partial charge in [0.25, 0.3) is 0 Å². The highest BCUT2D eigenvalue weighted by atomic mass is 79.9. The second-order valence-corrected chi connectivity index (χ2v) is 8.10. The van der Waals surface area contributed by atoms with Crippen LogP contribution in [-0.2, 0) is 0 Å². The fourth-order valence-corrected chi connectivity index (χ4v) is 5.72. The van der Waals surface area contributed by atoms with E-state index < -0.39 is 0 Å². The highest BCUT2D eigenvalue weighted by molar-refractivity contribution is 9.40. The van der Waals surface area contributed by atoms with Crippen LogP contribution in [0.1, 0.15) is 32.1 Å². The highest BCUT2D eigenvalue weighted by Crippen LogP contribution is 2.52. The molecule has 0 amide bonds. The molecule has 1 aromatic carbocycles. The molecule has 1 fully saturated rings. The lowest BCUT2D eigenvalue weighted by Gasteiger charge is -2.26. The van der Waals surface area contributed by atoms with Crippen LogP contribution < -0.4 is 5.30 Å². The molecule has 2 rings (SSSR count). The third kappa shape index (κ3) is 2.58. The predicted molar refractivity (Wildman–Crippen MR) is 68.8 cm³/mol. The summed E-state index contributed by atoms with van der Waals surface area (Å²) in [6.07, 6.45) is 7.16. The van der Waals surface area contributed by atoms with Crippen molar-refractivity contribution in [3.05, 3.63) is 30.3 Å². The first-order valence-corrected chi connectivity index (χ1v) is 8.81. The van der Waals surface area contributed by atoms with E-state index in [-0.39, 0.29) is 6.62 Å². The zero-order valence-corrected chi connectivity index (χ0v) is 10.8. The third-order valence-corrected chi connectivity index (χ3v) is 7.81. The van der Waals surface area contributed by atoms with Gasteiger partial charge in [0.2, 0.25) is 0 Å². The molecule has 1 saturated carbocycles. The summed E-state index contributed by atoms with van der Waals surface area (Å²) in [5, 5.41) is 1.51. The van der Waals surface area contributed by atoms with Gasteiger partial charge in [-0.15, -0.1) is 0 Å². The molecule has 0 spiro atoms. The van der Waals surface area contributed by atoms with Crippen molar-refractivity contribution < 1.29 is 0 Å². The summed E-state index contributed by atoms with van der Waals surface area (Å²) in [6.45, 7) is -0.0813. The Hall–Kier alpha value is 0.130. The molecule has 1 unspecified atom stereocenters. The summed E-state index contributed by atoms with van der Waals surface area (Å²) < 4.78 is 0. The van der Waals surface area contributed by atoms with Crippen molar-refractivity contribution in [3.8, 4) is 0 Å². The predicted octanol–water partition coefficient (Wildman–Crippen LogP) is 4.44. The van der Waals surface area contributed by atoms with Gasteiger partial charge < -0.3 is 0 Å². The topological polar surface area (TPSA) is 0 Å².